The lowest BCUT2D eigenvalue weighted by Crippen LogP contribution is -2.27. The van der Waals surface area contributed by atoms with Crippen molar-refractivity contribution >= 4 is 0 Å². The molecule has 16 heavy (non-hydrogen) atoms. The molecule has 2 aliphatic rings. The maximum absolute atomic E-state index is 12.1. The molecule has 0 aromatic carbocycles. The zero-order valence-corrected chi connectivity index (χ0v) is 9.38. The molecular formula is C11H18N4O. The van der Waals surface area contributed by atoms with Gasteiger partial charge < -0.3 is 10.6 Å². The summed E-state index contributed by atoms with van der Waals surface area (Å²) in [7, 11) is 0. The lowest BCUT2D eigenvalue weighted by molar-refractivity contribution is 0.438. The van der Waals surface area contributed by atoms with Gasteiger partial charge in [0.2, 0.25) is 0 Å². The molecule has 0 aliphatic carbocycles. The summed E-state index contributed by atoms with van der Waals surface area (Å²) in [5, 5.41) is 9.85. The summed E-state index contributed by atoms with van der Waals surface area (Å²) in [6, 6.07) is 0. The molecule has 5 nitrogen and oxygen atoms in total. The first kappa shape index (κ1) is 10.1. The minimum absolute atomic E-state index is 0.198. The molecule has 3 heterocycles. The van der Waals surface area contributed by atoms with Crippen LogP contribution in [0.5, 0.6) is 0 Å². The molecule has 2 aliphatic heterocycles. The second kappa shape index (κ2) is 4.07. The molecule has 1 saturated heterocycles. The van der Waals surface area contributed by atoms with Gasteiger partial charge in [-0.2, -0.15) is 0 Å². The highest BCUT2D eigenvalue weighted by Gasteiger charge is 2.20. The number of rotatable bonds is 2. The lowest BCUT2D eigenvalue weighted by Gasteiger charge is -2.10. The summed E-state index contributed by atoms with van der Waals surface area (Å²) in [5.74, 6) is 0.603. The molecule has 88 valence electrons. The number of aromatic nitrogens is 2. The maximum atomic E-state index is 12.1. The summed E-state index contributed by atoms with van der Waals surface area (Å²) in [6.07, 6.45) is 2.04. The number of aromatic amines is 1. The molecule has 1 aromatic rings. The van der Waals surface area contributed by atoms with Gasteiger partial charge in [-0.3, -0.25) is 14.6 Å². The van der Waals surface area contributed by atoms with Crippen LogP contribution in [0.3, 0.4) is 0 Å². The van der Waals surface area contributed by atoms with Gasteiger partial charge in [0.15, 0.2) is 0 Å². The number of fused-ring (bicyclic) bond motifs is 1. The monoisotopic (exact) mass is 222 g/mol. The Bertz CT molecular complexity index is 428. The van der Waals surface area contributed by atoms with Crippen LogP contribution in [0.4, 0.5) is 0 Å². The molecule has 0 radical (unpaired) electrons. The average molecular weight is 222 g/mol. The number of hydrogen-bond acceptors (Lipinski definition) is 3. The Labute approximate surface area is 94.2 Å². The Hall–Kier alpha value is -1.07. The van der Waals surface area contributed by atoms with E-state index < -0.39 is 0 Å². The van der Waals surface area contributed by atoms with E-state index in [9.17, 15) is 4.79 Å². The summed E-state index contributed by atoms with van der Waals surface area (Å²) >= 11 is 0. The van der Waals surface area contributed by atoms with Gasteiger partial charge in [0, 0.05) is 18.7 Å². The molecule has 5 heteroatoms. The van der Waals surface area contributed by atoms with E-state index in [1.807, 2.05) is 0 Å². The van der Waals surface area contributed by atoms with Gasteiger partial charge in [0.05, 0.1) is 5.69 Å². The fraction of sp³-hybridized carbons (Fsp3) is 0.727. The van der Waals surface area contributed by atoms with Gasteiger partial charge in [-0.05, 0) is 38.4 Å². The van der Waals surface area contributed by atoms with Crippen LogP contribution in [0.15, 0.2) is 4.79 Å². The molecule has 1 atom stereocenters. The first-order valence-electron chi connectivity index (χ1n) is 6.06. The molecule has 1 aromatic heterocycles. The first-order valence-corrected chi connectivity index (χ1v) is 6.06. The molecule has 1 fully saturated rings. The molecule has 0 saturated carbocycles. The van der Waals surface area contributed by atoms with Crippen molar-refractivity contribution in [1.82, 2.24) is 20.4 Å². The van der Waals surface area contributed by atoms with Crippen LogP contribution in [-0.4, -0.2) is 29.4 Å². The topological polar surface area (TPSA) is 61.9 Å². The van der Waals surface area contributed by atoms with Crippen molar-refractivity contribution < 1.29 is 0 Å². The highest BCUT2D eigenvalue weighted by atomic mass is 16.1. The zero-order valence-electron chi connectivity index (χ0n) is 9.38. The van der Waals surface area contributed by atoms with Crippen molar-refractivity contribution in [2.45, 2.75) is 25.9 Å². The Balaban J connectivity index is 1.84. The van der Waals surface area contributed by atoms with Gasteiger partial charge in [-0.1, -0.05) is 0 Å². The highest BCUT2D eigenvalue weighted by molar-refractivity contribution is 5.20. The normalized spacial score (nSPS) is 24.6. The summed E-state index contributed by atoms with van der Waals surface area (Å²) in [4.78, 5) is 12.1. The van der Waals surface area contributed by atoms with E-state index in [-0.39, 0.29) is 5.56 Å². The van der Waals surface area contributed by atoms with Crippen molar-refractivity contribution in [3.63, 3.8) is 0 Å². The van der Waals surface area contributed by atoms with Crippen LogP contribution >= 0.6 is 0 Å². The van der Waals surface area contributed by atoms with Crippen molar-refractivity contribution in [2.24, 2.45) is 5.92 Å². The van der Waals surface area contributed by atoms with E-state index in [4.69, 9.17) is 0 Å². The molecule has 3 rings (SSSR count). The standard InChI is InChI=1S/C11H18N4O/c16-11-9-2-4-13-6-10(9)14-15(11)7-8-1-3-12-5-8/h8,12-14H,1-7H2. The predicted octanol–water partition coefficient (Wildman–Crippen LogP) is -0.568. The fourth-order valence-corrected chi connectivity index (χ4v) is 2.66. The minimum Gasteiger partial charge on any atom is -0.316 e. The Morgan fingerprint density at radius 3 is 3.00 bits per heavy atom. The number of nitrogens with one attached hydrogen (secondary N) is 3. The second-order valence-corrected chi connectivity index (χ2v) is 4.77. The molecule has 1 unspecified atom stereocenters. The lowest BCUT2D eigenvalue weighted by atomic mass is 10.1. The smallest absolute Gasteiger partial charge is 0.270 e. The highest BCUT2D eigenvalue weighted by Crippen LogP contribution is 2.11. The molecular weight excluding hydrogens is 204 g/mol. The van der Waals surface area contributed by atoms with Crippen LogP contribution in [-0.2, 0) is 19.5 Å². The minimum atomic E-state index is 0.198. The Morgan fingerprint density at radius 1 is 1.31 bits per heavy atom. The number of hydrogen-bond donors (Lipinski definition) is 3. The van der Waals surface area contributed by atoms with Crippen LogP contribution in [0.2, 0.25) is 0 Å². The quantitative estimate of drug-likeness (QED) is 0.628. The summed E-state index contributed by atoms with van der Waals surface area (Å²) in [5.41, 5.74) is 2.27. The van der Waals surface area contributed by atoms with Crippen LogP contribution < -0.4 is 16.2 Å². The van der Waals surface area contributed by atoms with Crippen LogP contribution in [0.1, 0.15) is 17.7 Å². The molecule has 0 bridgehead atoms. The first-order chi connectivity index (χ1) is 7.84. The van der Waals surface area contributed by atoms with E-state index in [2.05, 4.69) is 15.7 Å². The van der Waals surface area contributed by atoms with Gasteiger partial charge >= 0.3 is 0 Å². The van der Waals surface area contributed by atoms with E-state index in [1.165, 1.54) is 6.42 Å². The third-order valence-corrected chi connectivity index (χ3v) is 3.59. The SMILES string of the molecule is O=c1c2c([nH]n1CC1CCNC1)CNCC2. The van der Waals surface area contributed by atoms with Crippen molar-refractivity contribution in [3.05, 3.63) is 21.6 Å². The van der Waals surface area contributed by atoms with Crippen molar-refractivity contribution in [3.8, 4) is 0 Å². The zero-order chi connectivity index (χ0) is 11.0. The Kier molecular flexibility index (Phi) is 2.57. The van der Waals surface area contributed by atoms with Gasteiger partial charge in [-0.15, -0.1) is 0 Å². The number of nitrogens with zero attached hydrogens (tertiary/aromatic N) is 1. The summed E-state index contributed by atoms with van der Waals surface area (Å²) < 4.78 is 1.80. The van der Waals surface area contributed by atoms with Gasteiger partial charge in [-0.25, -0.2) is 0 Å². The van der Waals surface area contributed by atoms with E-state index >= 15 is 0 Å². The largest absolute Gasteiger partial charge is 0.316 e. The fourth-order valence-electron chi connectivity index (χ4n) is 2.66. The molecule has 0 amide bonds. The van der Waals surface area contributed by atoms with Gasteiger partial charge in [0.25, 0.3) is 5.56 Å². The summed E-state index contributed by atoms with van der Waals surface area (Å²) in [6.45, 7) is 4.68. The van der Waals surface area contributed by atoms with Crippen molar-refractivity contribution in [1.29, 1.82) is 0 Å². The maximum Gasteiger partial charge on any atom is 0.270 e. The Morgan fingerprint density at radius 2 is 2.25 bits per heavy atom. The van der Waals surface area contributed by atoms with E-state index in [0.717, 1.165) is 50.4 Å². The van der Waals surface area contributed by atoms with E-state index in [0.29, 0.717) is 5.92 Å². The third-order valence-electron chi connectivity index (χ3n) is 3.59. The number of H-pyrrole nitrogens is 1. The van der Waals surface area contributed by atoms with Crippen LogP contribution in [0.25, 0.3) is 0 Å². The average Bonchev–Trinajstić information content (AvgIpc) is 2.90. The van der Waals surface area contributed by atoms with Crippen LogP contribution in [0, 0.1) is 5.92 Å². The second-order valence-electron chi connectivity index (χ2n) is 4.77. The molecule has 3 N–H and O–H groups in total. The van der Waals surface area contributed by atoms with Crippen molar-refractivity contribution in [2.75, 3.05) is 19.6 Å². The van der Waals surface area contributed by atoms with E-state index in [1.54, 1.807) is 4.68 Å². The molecule has 0 spiro atoms. The third kappa shape index (κ3) is 1.70. The van der Waals surface area contributed by atoms with Gasteiger partial charge in [0.1, 0.15) is 0 Å². The predicted molar refractivity (Wildman–Crippen MR) is 61.4 cm³/mol.